The van der Waals surface area contributed by atoms with Gasteiger partial charge in [0.15, 0.2) is 0 Å². The first-order chi connectivity index (χ1) is 9.58. The van der Waals surface area contributed by atoms with E-state index < -0.39 is 0 Å². The molecule has 2 saturated heterocycles. The van der Waals surface area contributed by atoms with Gasteiger partial charge >= 0.3 is 0 Å². The average Bonchev–Trinajstić information content (AvgIpc) is 2.63. The third kappa shape index (κ3) is 4.37. The highest BCUT2D eigenvalue weighted by Crippen LogP contribution is 2.23. The molecule has 0 bridgehead atoms. The highest BCUT2D eigenvalue weighted by Gasteiger charge is 2.32. The largest absolute Gasteiger partial charge is 0.337 e. The number of piperidine rings is 1. The van der Waals surface area contributed by atoms with Crippen LogP contribution in [-0.4, -0.2) is 85.5 Å². The van der Waals surface area contributed by atoms with Crippen LogP contribution in [0.1, 0.15) is 19.3 Å². The topological polar surface area (TPSA) is 26.8 Å². The van der Waals surface area contributed by atoms with E-state index in [-0.39, 0.29) is 5.92 Å². The van der Waals surface area contributed by atoms with Gasteiger partial charge in [-0.2, -0.15) is 11.8 Å². The van der Waals surface area contributed by atoms with Crippen molar-refractivity contribution >= 4 is 17.7 Å². The summed E-state index contributed by atoms with van der Waals surface area (Å²) in [6, 6.07) is 0.386. The van der Waals surface area contributed by atoms with E-state index in [1.807, 2.05) is 11.8 Å². The fourth-order valence-corrected chi connectivity index (χ4v) is 4.35. The molecule has 116 valence electrons. The molecule has 0 aliphatic carbocycles. The summed E-state index contributed by atoms with van der Waals surface area (Å²) in [5.74, 6) is 2.91. The average molecular weight is 299 g/mol. The zero-order valence-corrected chi connectivity index (χ0v) is 14.0. The standard InChI is InChI=1S/C15H29N3OS/c1-16(2)11-14-12-20-9-5-8-18(14)15(19)13-6-4-7-17(3)10-13/h13-14H,4-12H2,1-3H3. The minimum atomic E-state index is 0.224. The first-order valence-corrected chi connectivity index (χ1v) is 8.95. The van der Waals surface area contributed by atoms with Crippen LogP contribution in [0.3, 0.4) is 0 Å². The number of rotatable bonds is 3. The van der Waals surface area contributed by atoms with Crippen molar-refractivity contribution in [1.82, 2.24) is 14.7 Å². The summed E-state index contributed by atoms with van der Waals surface area (Å²) in [6.45, 7) is 4.02. The van der Waals surface area contributed by atoms with Gasteiger partial charge in [-0.05, 0) is 52.7 Å². The van der Waals surface area contributed by atoms with Crippen molar-refractivity contribution in [1.29, 1.82) is 0 Å². The Morgan fingerprint density at radius 1 is 1.30 bits per heavy atom. The molecule has 2 fully saturated rings. The number of thioether (sulfide) groups is 1. The molecule has 20 heavy (non-hydrogen) atoms. The van der Waals surface area contributed by atoms with E-state index in [0.717, 1.165) is 51.2 Å². The zero-order valence-electron chi connectivity index (χ0n) is 13.2. The van der Waals surface area contributed by atoms with Crippen LogP contribution in [0.4, 0.5) is 0 Å². The second-order valence-electron chi connectivity index (χ2n) is 6.48. The second kappa shape index (κ2) is 7.66. The fourth-order valence-electron chi connectivity index (χ4n) is 3.29. The Balaban J connectivity index is 2.02. The van der Waals surface area contributed by atoms with Crippen molar-refractivity contribution < 1.29 is 4.79 Å². The smallest absolute Gasteiger partial charge is 0.227 e. The number of hydrogen-bond acceptors (Lipinski definition) is 4. The van der Waals surface area contributed by atoms with Crippen LogP contribution >= 0.6 is 11.8 Å². The number of likely N-dealkylation sites (tertiary alicyclic amines) is 1. The molecule has 2 aliphatic rings. The van der Waals surface area contributed by atoms with Crippen LogP contribution in [0.5, 0.6) is 0 Å². The predicted molar refractivity (Wildman–Crippen MR) is 86.2 cm³/mol. The Hall–Kier alpha value is -0.260. The Bertz CT molecular complexity index is 324. The Kier molecular flexibility index (Phi) is 6.18. The van der Waals surface area contributed by atoms with Gasteiger partial charge in [0.1, 0.15) is 0 Å². The summed E-state index contributed by atoms with van der Waals surface area (Å²) in [6.07, 6.45) is 3.37. The quantitative estimate of drug-likeness (QED) is 0.783. The van der Waals surface area contributed by atoms with Crippen molar-refractivity contribution in [3.63, 3.8) is 0 Å². The predicted octanol–water partition coefficient (Wildman–Crippen LogP) is 1.22. The van der Waals surface area contributed by atoms with Gasteiger partial charge in [0.25, 0.3) is 0 Å². The van der Waals surface area contributed by atoms with Crippen molar-refractivity contribution in [2.75, 3.05) is 58.8 Å². The van der Waals surface area contributed by atoms with Crippen LogP contribution < -0.4 is 0 Å². The number of likely N-dealkylation sites (N-methyl/N-ethyl adjacent to an activating group) is 1. The highest BCUT2D eigenvalue weighted by molar-refractivity contribution is 7.99. The molecule has 2 rings (SSSR count). The number of hydrogen-bond donors (Lipinski definition) is 0. The van der Waals surface area contributed by atoms with E-state index in [1.54, 1.807) is 0 Å². The lowest BCUT2D eigenvalue weighted by Gasteiger charge is -2.37. The number of nitrogens with zero attached hydrogens (tertiary/aromatic N) is 3. The minimum absolute atomic E-state index is 0.224. The summed E-state index contributed by atoms with van der Waals surface area (Å²) in [5.41, 5.74) is 0. The highest BCUT2D eigenvalue weighted by atomic mass is 32.2. The lowest BCUT2D eigenvalue weighted by Crippen LogP contribution is -2.51. The van der Waals surface area contributed by atoms with E-state index in [0.29, 0.717) is 11.9 Å². The van der Waals surface area contributed by atoms with Crippen LogP contribution in [0.25, 0.3) is 0 Å². The molecule has 0 N–H and O–H groups in total. The Morgan fingerprint density at radius 2 is 2.10 bits per heavy atom. The Morgan fingerprint density at radius 3 is 2.80 bits per heavy atom. The van der Waals surface area contributed by atoms with Crippen LogP contribution in [0.2, 0.25) is 0 Å². The lowest BCUT2D eigenvalue weighted by molar-refractivity contribution is -0.139. The van der Waals surface area contributed by atoms with Gasteiger partial charge < -0.3 is 14.7 Å². The van der Waals surface area contributed by atoms with Crippen molar-refractivity contribution in [2.45, 2.75) is 25.3 Å². The van der Waals surface area contributed by atoms with Gasteiger partial charge in [-0.25, -0.2) is 0 Å². The van der Waals surface area contributed by atoms with Crippen LogP contribution in [0.15, 0.2) is 0 Å². The summed E-state index contributed by atoms with van der Waals surface area (Å²) in [4.78, 5) is 19.6. The maximum atomic E-state index is 12.9. The zero-order chi connectivity index (χ0) is 14.5. The molecule has 0 spiro atoms. The molecule has 0 aromatic heterocycles. The van der Waals surface area contributed by atoms with Gasteiger partial charge in [0.2, 0.25) is 5.91 Å². The molecular weight excluding hydrogens is 270 g/mol. The van der Waals surface area contributed by atoms with Crippen molar-refractivity contribution in [3.8, 4) is 0 Å². The number of carbonyl (C=O) groups excluding carboxylic acids is 1. The third-order valence-corrected chi connectivity index (χ3v) is 5.47. The molecule has 2 atom stereocenters. The van der Waals surface area contributed by atoms with E-state index in [9.17, 15) is 4.79 Å². The molecule has 0 saturated carbocycles. The molecule has 0 aromatic rings. The molecule has 0 radical (unpaired) electrons. The minimum Gasteiger partial charge on any atom is -0.337 e. The maximum Gasteiger partial charge on any atom is 0.227 e. The molecule has 2 unspecified atom stereocenters. The number of amides is 1. The van der Waals surface area contributed by atoms with Crippen LogP contribution in [0, 0.1) is 5.92 Å². The molecule has 1 amide bonds. The second-order valence-corrected chi connectivity index (χ2v) is 7.63. The van der Waals surface area contributed by atoms with E-state index in [2.05, 4.69) is 35.8 Å². The first kappa shape index (κ1) is 16.1. The van der Waals surface area contributed by atoms with Gasteiger partial charge in [-0.3, -0.25) is 4.79 Å². The molecular formula is C15H29N3OS. The SMILES string of the molecule is CN(C)CC1CSCCCN1C(=O)C1CCCN(C)C1. The normalized spacial score (nSPS) is 29.5. The van der Waals surface area contributed by atoms with Crippen molar-refractivity contribution in [2.24, 2.45) is 5.92 Å². The molecule has 2 aliphatic heterocycles. The molecule has 0 aromatic carbocycles. The lowest BCUT2D eigenvalue weighted by atomic mass is 9.96. The van der Waals surface area contributed by atoms with Crippen molar-refractivity contribution in [3.05, 3.63) is 0 Å². The number of carbonyl (C=O) groups is 1. The monoisotopic (exact) mass is 299 g/mol. The van der Waals surface area contributed by atoms with Gasteiger partial charge in [0.05, 0.1) is 12.0 Å². The molecule has 4 nitrogen and oxygen atoms in total. The summed E-state index contributed by atoms with van der Waals surface area (Å²) < 4.78 is 0. The summed E-state index contributed by atoms with van der Waals surface area (Å²) >= 11 is 2.00. The third-order valence-electron chi connectivity index (χ3n) is 4.27. The van der Waals surface area contributed by atoms with E-state index in [4.69, 9.17) is 0 Å². The Labute approximate surface area is 127 Å². The van der Waals surface area contributed by atoms with Crippen LogP contribution in [-0.2, 0) is 4.79 Å². The van der Waals surface area contributed by atoms with Gasteiger partial charge in [0, 0.05) is 25.4 Å². The van der Waals surface area contributed by atoms with Gasteiger partial charge in [-0.1, -0.05) is 0 Å². The maximum absolute atomic E-state index is 12.9. The summed E-state index contributed by atoms with van der Waals surface area (Å²) in [5, 5.41) is 0. The van der Waals surface area contributed by atoms with Gasteiger partial charge in [-0.15, -0.1) is 0 Å². The van der Waals surface area contributed by atoms with E-state index >= 15 is 0 Å². The molecule has 5 heteroatoms. The first-order valence-electron chi connectivity index (χ1n) is 7.79. The summed E-state index contributed by atoms with van der Waals surface area (Å²) in [7, 11) is 6.34. The van der Waals surface area contributed by atoms with E-state index in [1.165, 1.54) is 5.75 Å². The molecule has 2 heterocycles. The fraction of sp³-hybridized carbons (Fsp3) is 0.933.